The predicted molar refractivity (Wildman–Crippen MR) is 148 cm³/mol. The van der Waals surface area contributed by atoms with E-state index in [2.05, 4.69) is 23.6 Å². The highest BCUT2D eigenvalue weighted by Crippen LogP contribution is 2.48. The Morgan fingerprint density at radius 2 is 2.08 bits per heavy atom. The first kappa shape index (κ1) is 25.7. The van der Waals surface area contributed by atoms with Crippen LogP contribution in [0.25, 0.3) is 0 Å². The van der Waals surface area contributed by atoms with E-state index in [1.54, 1.807) is 18.2 Å². The van der Waals surface area contributed by atoms with Gasteiger partial charge in [-0.15, -0.1) is 6.58 Å². The van der Waals surface area contributed by atoms with Gasteiger partial charge in [-0.1, -0.05) is 23.7 Å². The van der Waals surface area contributed by atoms with E-state index in [-0.39, 0.29) is 17.1 Å². The third-order valence-electron chi connectivity index (χ3n) is 9.49. The second-order valence-electron chi connectivity index (χ2n) is 11.8. The molecule has 2 fully saturated rings. The van der Waals surface area contributed by atoms with E-state index in [9.17, 15) is 15.0 Å². The summed E-state index contributed by atoms with van der Waals surface area (Å²) in [7, 11) is 0. The van der Waals surface area contributed by atoms with Crippen molar-refractivity contribution in [1.29, 1.82) is 0 Å². The van der Waals surface area contributed by atoms with E-state index >= 15 is 0 Å². The lowest BCUT2D eigenvalue weighted by molar-refractivity contribution is -0.125. The number of aliphatic hydroxyl groups is 1. The molecule has 2 aromatic rings. The molecule has 7 heteroatoms. The maximum absolute atomic E-state index is 11.9. The van der Waals surface area contributed by atoms with Crippen molar-refractivity contribution in [3.63, 3.8) is 0 Å². The lowest BCUT2D eigenvalue weighted by Gasteiger charge is -2.48. The average molecular weight is 538 g/mol. The SMILES string of the molecule is C=C[C@]1(O)CCO[C@@H]([C@@H]2CC[C@H]2CN2C[C@@]3(CCCc4cc(Cl)ccc43)COc3ccc(C(=O)O)cc32)C1. The van der Waals surface area contributed by atoms with E-state index in [0.717, 1.165) is 61.7 Å². The number of carboxylic acids is 1. The zero-order valence-electron chi connectivity index (χ0n) is 21.7. The molecule has 6 nitrogen and oxygen atoms in total. The minimum Gasteiger partial charge on any atom is -0.490 e. The van der Waals surface area contributed by atoms with Gasteiger partial charge >= 0.3 is 5.97 Å². The summed E-state index contributed by atoms with van der Waals surface area (Å²) in [6, 6.07) is 11.4. The number of benzene rings is 2. The number of carboxylic acid groups (broad SMARTS) is 1. The highest BCUT2D eigenvalue weighted by atomic mass is 35.5. The smallest absolute Gasteiger partial charge is 0.335 e. The molecule has 0 radical (unpaired) electrons. The van der Waals surface area contributed by atoms with Crippen LogP contribution >= 0.6 is 11.6 Å². The van der Waals surface area contributed by atoms with Gasteiger partial charge in [0.2, 0.25) is 0 Å². The van der Waals surface area contributed by atoms with Gasteiger partial charge in [0.1, 0.15) is 5.75 Å². The van der Waals surface area contributed by atoms with Crippen LogP contribution in [0.15, 0.2) is 49.1 Å². The van der Waals surface area contributed by atoms with Gasteiger partial charge in [0.25, 0.3) is 0 Å². The average Bonchev–Trinajstić information content (AvgIpc) is 3.03. The number of aryl methyl sites for hydroxylation is 1. The molecule has 1 spiro atoms. The van der Waals surface area contributed by atoms with Crippen LogP contribution in [0.4, 0.5) is 5.69 Å². The molecule has 2 aromatic carbocycles. The van der Waals surface area contributed by atoms with Crippen LogP contribution in [0.1, 0.15) is 60.0 Å². The summed E-state index contributed by atoms with van der Waals surface area (Å²) < 4.78 is 12.6. The maximum atomic E-state index is 11.9. The summed E-state index contributed by atoms with van der Waals surface area (Å²) in [4.78, 5) is 14.3. The summed E-state index contributed by atoms with van der Waals surface area (Å²) in [6.45, 7) is 6.49. The molecular weight excluding hydrogens is 502 g/mol. The lowest BCUT2D eigenvalue weighted by Crippen LogP contribution is -2.52. The monoisotopic (exact) mass is 537 g/mol. The van der Waals surface area contributed by atoms with Crippen LogP contribution < -0.4 is 9.64 Å². The van der Waals surface area contributed by atoms with Crippen LogP contribution in [0.2, 0.25) is 5.02 Å². The first-order chi connectivity index (χ1) is 18.3. The highest BCUT2D eigenvalue weighted by molar-refractivity contribution is 6.30. The van der Waals surface area contributed by atoms with Gasteiger partial charge in [-0.05, 0) is 85.4 Å². The fraction of sp³-hybridized carbons (Fsp3) is 0.516. The van der Waals surface area contributed by atoms with E-state index in [1.807, 2.05) is 12.1 Å². The molecule has 2 aliphatic carbocycles. The van der Waals surface area contributed by atoms with E-state index in [0.29, 0.717) is 37.9 Å². The van der Waals surface area contributed by atoms with E-state index in [4.69, 9.17) is 21.1 Å². The van der Waals surface area contributed by atoms with Crippen molar-refractivity contribution in [3.05, 3.63) is 70.8 Å². The summed E-state index contributed by atoms with van der Waals surface area (Å²) in [5.74, 6) is 0.534. The largest absolute Gasteiger partial charge is 0.490 e. The van der Waals surface area contributed by atoms with Crippen LogP contribution in [0.3, 0.4) is 0 Å². The van der Waals surface area contributed by atoms with Gasteiger partial charge in [-0.25, -0.2) is 4.79 Å². The molecule has 6 rings (SSSR count). The Balaban J connectivity index is 1.33. The number of anilines is 1. The van der Waals surface area contributed by atoms with E-state index < -0.39 is 11.6 Å². The van der Waals surface area contributed by atoms with Crippen molar-refractivity contribution in [1.82, 2.24) is 0 Å². The molecule has 0 bridgehead atoms. The van der Waals surface area contributed by atoms with Crippen molar-refractivity contribution in [3.8, 4) is 5.75 Å². The molecule has 4 aliphatic rings. The van der Waals surface area contributed by atoms with Crippen molar-refractivity contribution in [2.45, 2.75) is 62.1 Å². The summed E-state index contributed by atoms with van der Waals surface area (Å²) in [5.41, 5.74) is 2.62. The molecular formula is C31H36ClNO5. The zero-order valence-corrected chi connectivity index (χ0v) is 22.5. The number of hydrogen-bond donors (Lipinski definition) is 2. The fourth-order valence-electron chi connectivity index (χ4n) is 7.20. The maximum Gasteiger partial charge on any atom is 0.335 e. The number of rotatable bonds is 5. The molecule has 202 valence electrons. The van der Waals surface area contributed by atoms with Gasteiger partial charge in [0, 0.05) is 36.4 Å². The minimum atomic E-state index is -0.940. The Hall–Kier alpha value is -2.54. The summed E-state index contributed by atoms with van der Waals surface area (Å²) >= 11 is 6.37. The molecule has 0 unspecified atom stereocenters. The lowest BCUT2D eigenvalue weighted by atomic mass is 9.67. The van der Waals surface area contributed by atoms with Crippen LogP contribution in [0, 0.1) is 11.8 Å². The van der Waals surface area contributed by atoms with Crippen LogP contribution in [-0.4, -0.2) is 54.2 Å². The molecule has 1 saturated carbocycles. The first-order valence-corrected chi connectivity index (χ1v) is 14.2. The second-order valence-corrected chi connectivity index (χ2v) is 12.2. The number of aromatic carboxylic acids is 1. The number of halogens is 1. The first-order valence-electron chi connectivity index (χ1n) is 13.8. The fourth-order valence-corrected chi connectivity index (χ4v) is 7.39. The number of hydrogen-bond acceptors (Lipinski definition) is 5. The Kier molecular flexibility index (Phi) is 6.69. The quantitative estimate of drug-likeness (QED) is 0.481. The minimum absolute atomic E-state index is 0.00469. The highest BCUT2D eigenvalue weighted by Gasteiger charge is 2.46. The predicted octanol–water partition coefficient (Wildman–Crippen LogP) is 5.63. The van der Waals surface area contributed by atoms with Crippen LogP contribution in [0.5, 0.6) is 5.75 Å². The summed E-state index contributed by atoms with van der Waals surface area (Å²) in [5, 5.41) is 21.4. The Labute approximate surface area is 229 Å². The number of nitrogens with zero attached hydrogens (tertiary/aromatic N) is 1. The second kappa shape index (κ2) is 9.89. The number of ether oxygens (including phenoxy) is 2. The van der Waals surface area contributed by atoms with Gasteiger partial charge in [0.05, 0.1) is 36.2 Å². The van der Waals surface area contributed by atoms with Gasteiger partial charge < -0.3 is 24.6 Å². The number of carbonyl (C=O) groups is 1. The van der Waals surface area contributed by atoms with Crippen molar-refractivity contribution >= 4 is 23.3 Å². The molecule has 0 aromatic heterocycles. The normalized spacial score (nSPS) is 32.4. The molecule has 5 atom stereocenters. The molecule has 2 N–H and O–H groups in total. The third kappa shape index (κ3) is 4.61. The van der Waals surface area contributed by atoms with E-state index in [1.165, 1.54) is 11.1 Å². The standard InChI is InChI=1S/C31H36ClNO5/c1-2-31(36)12-13-37-28(16-31)24-8-5-22(24)17-33-18-30(11-3-4-20-14-23(32)7-9-25(20)30)19-38-27-10-6-21(29(34)35)15-26(27)33/h2,6-7,9-10,14-15,22,24,28,36H,1,3-5,8,11-13,16-19H2,(H,34,35)/t22-,24+,28+,30-,31-/m0/s1. The third-order valence-corrected chi connectivity index (χ3v) is 9.73. The Bertz CT molecular complexity index is 1250. The van der Waals surface area contributed by atoms with Crippen molar-refractivity contribution in [2.75, 3.05) is 31.2 Å². The van der Waals surface area contributed by atoms with Crippen molar-refractivity contribution in [2.24, 2.45) is 11.8 Å². The van der Waals surface area contributed by atoms with Crippen molar-refractivity contribution < 1.29 is 24.5 Å². The molecule has 2 heterocycles. The zero-order chi connectivity index (χ0) is 26.5. The Morgan fingerprint density at radius 3 is 2.84 bits per heavy atom. The van der Waals surface area contributed by atoms with Gasteiger partial charge in [-0.3, -0.25) is 0 Å². The molecule has 0 amide bonds. The van der Waals surface area contributed by atoms with Gasteiger partial charge in [-0.2, -0.15) is 0 Å². The van der Waals surface area contributed by atoms with Crippen LogP contribution in [-0.2, 0) is 16.6 Å². The molecule has 1 saturated heterocycles. The molecule has 38 heavy (non-hydrogen) atoms. The molecule has 2 aliphatic heterocycles. The number of fused-ring (bicyclic) bond motifs is 3. The Morgan fingerprint density at radius 1 is 1.21 bits per heavy atom. The summed E-state index contributed by atoms with van der Waals surface area (Å²) in [6.07, 6.45) is 8.07. The van der Waals surface area contributed by atoms with Gasteiger partial charge in [0.15, 0.2) is 0 Å². The topological polar surface area (TPSA) is 79.2 Å².